The fourth-order valence-electron chi connectivity index (χ4n) is 6.80. The Morgan fingerprint density at radius 1 is 0.438 bits per heavy atom. The van der Waals surface area contributed by atoms with Crippen molar-refractivity contribution in [3.8, 4) is 0 Å². The molecule has 3 rings (SSSR count). The van der Waals surface area contributed by atoms with Gasteiger partial charge in [0.25, 0.3) is 0 Å². The zero-order valence-electron chi connectivity index (χ0n) is 29.1. The van der Waals surface area contributed by atoms with Crippen LogP contribution in [-0.2, 0) is 47.6 Å². The molecule has 0 aromatic carbocycles. The highest BCUT2D eigenvalue weighted by atomic mass is 16.6. The molecule has 48 heavy (non-hydrogen) atoms. The predicted octanol–water partition coefficient (Wildman–Crippen LogP) is 7.11. The van der Waals surface area contributed by atoms with Gasteiger partial charge in [-0.3, -0.25) is 9.59 Å². The normalized spacial score (nSPS) is 25.8. The van der Waals surface area contributed by atoms with Crippen molar-refractivity contribution in [2.24, 2.45) is 11.8 Å². The molecule has 0 heterocycles. The molecule has 3 aliphatic rings. The van der Waals surface area contributed by atoms with Crippen LogP contribution in [0.25, 0.3) is 0 Å². The summed E-state index contributed by atoms with van der Waals surface area (Å²) in [4.78, 5) is 47.8. The Morgan fingerprint density at radius 2 is 0.750 bits per heavy atom. The highest BCUT2D eigenvalue weighted by Gasteiger charge is 2.33. The SMILES string of the molecule is C=CC(=O)OCCCCCCOC1CCC(C(=O)OC2CCC(OC(=O)C3CCC(OCCCCCCOC(=O)C=C)CC3)CC2)CC1. The van der Waals surface area contributed by atoms with Gasteiger partial charge in [0.15, 0.2) is 0 Å². The van der Waals surface area contributed by atoms with Crippen LogP contribution in [0.4, 0.5) is 0 Å². The first kappa shape index (κ1) is 39.7. The smallest absolute Gasteiger partial charge is 0.330 e. The van der Waals surface area contributed by atoms with Gasteiger partial charge in [0.2, 0.25) is 0 Å². The van der Waals surface area contributed by atoms with Gasteiger partial charge in [-0.15, -0.1) is 0 Å². The average molecular weight is 677 g/mol. The molecular formula is C38H60O10. The van der Waals surface area contributed by atoms with Crippen LogP contribution in [0.3, 0.4) is 0 Å². The summed E-state index contributed by atoms with van der Waals surface area (Å²) in [6, 6.07) is 0. The van der Waals surface area contributed by atoms with Crippen LogP contribution in [0.1, 0.15) is 128 Å². The Balaban J connectivity index is 1.16. The molecule has 3 aliphatic carbocycles. The molecule has 0 aromatic rings. The number of hydrogen-bond acceptors (Lipinski definition) is 10. The molecule has 3 saturated carbocycles. The summed E-state index contributed by atoms with van der Waals surface area (Å²) in [5, 5.41) is 0. The molecule has 10 nitrogen and oxygen atoms in total. The van der Waals surface area contributed by atoms with E-state index in [4.69, 9.17) is 28.4 Å². The van der Waals surface area contributed by atoms with Gasteiger partial charge in [-0.1, -0.05) is 26.0 Å². The Kier molecular flexibility index (Phi) is 19.5. The minimum atomic E-state index is -0.372. The average Bonchev–Trinajstić information content (AvgIpc) is 3.11. The molecule has 0 unspecified atom stereocenters. The van der Waals surface area contributed by atoms with E-state index < -0.39 is 0 Å². The van der Waals surface area contributed by atoms with Crippen molar-refractivity contribution in [2.45, 2.75) is 153 Å². The molecule has 0 bridgehead atoms. The second-order valence-electron chi connectivity index (χ2n) is 13.5. The maximum absolute atomic E-state index is 12.9. The molecule has 10 heteroatoms. The van der Waals surface area contributed by atoms with Gasteiger partial charge >= 0.3 is 23.9 Å². The molecule has 0 aliphatic heterocycles. The van der Waals surface area contributed by atoms with E-state index in [1.807, 2.05) is 0 Å². The summed E-state index contributed by atoms with van der Waals surface area (Å²) in [5.41, 5.74) is 0. The molecule has 0 spiro atoms. The second-order valence-corrected chi connectivity index (χ2v) is 13.5. The zero-order valence-corrected chi connectivity index (χ0v) is 29.1. The van der Waals surface area contributed by atoms with E-state index >= 15 is 0 Å². The fourth-order valence-corrected chi connectivity index (χ4v) is 6.80. The second kappa shape index (κ2) is 23.6. The van der Waals surface area contributed by atoms with Crippen LogP contribution >= 0.6 is 0 Å². The minimum Gasteiger partial charge on any atom is -0.463 e. The van der Waals surface area contributed by atoms with Gasteiger partial charge in [-0.05, 0) is 116 Å². The van der Waals surface area contributed by atoms with E-state index in [1.165, 1.54) is 12.2 Å². The summed E-state index contributed by atoms with van der Waals surface area (Å²) in [5.74, 6) is -1.03. The maximum atomic E-state index is 12.9. The van der Waals surface area contributed by atoms with E-state index in [0.717, 1.165) is 142 Å². The van der Waals surface area contributed by atoms with E-state index in [1.54, 1.807) is 0 Å². The summed E-state index contributed by atoms with van der Waals surface area (Å²) < 4.78 is 33.9. The largest absolute Gasteiger partial charge is 0.463 e. The number of carbonyl (C=O) groups is 4. The van der Waals surface area contributed by atoms with Crippen LogP contribution in [0, 0.1) is 11.8 Å². The number of ether oxygens (including phenoxy) is 6. The zero-order chi connectivity index (χ0) is 34.4. The predicted molar refractivity (Wildman–Crippen MR) is 181 cm³/mol. The fraction of sp³-hybridized carbons (Fsp3) is 0.789. The quantitative estimate of drug-likeness (QED) is 0.0507. The standard InChI is InChI=1S/C38H60O10/c1-3-35(39)45-27-11-7-5-9-25-43-31-17-13-29(14-18-31)37(41)47-33-21-23-34(24-22-33)48-38(42)30-15-19-32(20-16-30)44-26-10-6-8-12-28-46-36(40)4-2/h3-4,29-34H,1-2,5-28H2. The lowest BCUT2D eigenvalue weighted by atomic mass is 9.87. The first-order chi connectivity index (χ1) is 23.4. The maximum Gasteiger partial charge on any atom is 0.330 e. The number of esters is 4. The summed E-state index contributed by atoms with van der Waals surface area (Å²) in [6.07, 6.45) is 20.0. The van der Waals surface area contributed by atoms with Crippen molar-refractivity contribution in [1.29, 1.82) is 0 Å². The molecular weight excluding hydrogens is 616 g/mol. The van der Waals surface area contributed by atoms with Crippen LogP contribution in [0.2, 0.25) is 0 Å². The number of rotatable bonds is 22. The number of unbranched alkanes of at least 4 members (excludes halogenated alkanes) is 6. The van der Waals surface area contributed by atoms with Gasteiger partial charge in [0.05, 0.1) is 37.3 Å². The van der Waals surface area contributed by atoms with E-state index in [9.17, 15) is 19.2 Å². The molecule has 0 aromatic heterocycles. The lowest BCUT2D eigenvalue weighted by Gasteiger charge is -2.32. The molecule has 0 N–H and O–H groups in total. The number of carbonyl (C=O) groups excluding carboxylic acids is 4. The van der Waals surface area contributed by atoms with Crippen molar-refractivity contribution in [3.05, 3.63) is 25.3 Å². The molecule has 3 fully saturated rings. The summed E-state index contributed by atoms with van der Waals surface area (Å²) >= 11 is 0. The number of hydrogen-bond donors (Lipinski definition) is 0. The van der Waals surface area contributed by atoms with Crippen LogP contribution in [0.15, 0.2) is 25.3 Å². The Morgan fingerprint density at radius 3 is 1.08 bits per heavy atom. The third-order valence-corrected chi connectivity index (χ3v) is 9.81. The van der Waals surface area contributed by atoms with E-state index in [0.29, 0.717) is 13.2 Å². The van der Waals surface area contributed by atoms with Gasteiger partial charge < -0.3 is 28.4 Å². The minimum absolute atomic E-state index is 0.0571. The Bertz CT molecular complexity index is 894. The Hall–Kier alpha value is -2.72. The lowest BCUT2D eigenvalue weighted by molar-refractivity contribution is -0.165. The molecule has 0 amide bonds. The van der Waals surface area contributed by atoms with Gasteiger partial charge in [-0.25, -0.2) is 9.59 Å². The molecule has 0 radical (unpaired) electrons. The van der Waals surface area contributed by atoms with Crippen molar-refractivity contribution in [1.82, 2.24) is 0 Å². The van der Waals surface area contributed by atoms with Crippen molar-refractivity contribution in [2.75, 3.05) is 26.4 Å². The van der Waals surface area contributed by atoms with Crippen LogP contribution < -0.4 is 0 Å². The first-order valence-electron chi connectivity index (χ1n) is 18.6. The van der Waals surface area contributed by atoms with Crippen molar-refractivity contribution in [3.63, 3.8) is 0 Å². The molecule has 0 atom stereocenters. The van der Waals surface area contributed by atoms with Gasteiger partial charge in [0, 0.05) is 25.4 Å². The van der Waals surface area contributed by atoms with E-state index in [-0.39, 0.29) is 60.1 Å². The van der Waals surface area contributed by atoms with E-state index in [2.05, 4.69) is 13.2 Å². The molecule has 272 valence electrons. The lowest BCUT2D eigenvalue weighted by Crippen LogP contribution is -2.35. The summed E-state index contributed by atoms with van der Waals surface area (Å²) in [6.45, 7) is 9.07. The van der Waals surface area contributed by atoms with Gasteiger partial charge in [-0.2, -0.15) is 0 Å². The highest BCUT2D eigenvalue weighted by Crippen LogP contribution is 2.32. The first-order valence-corrected chi connectivity index (χ1v) is 18.6. The third kappa shape index (κ3) is 16.1. The van der Waals surface area contributed by atoms with Crippen molar-refractivity contribution >= 4 is 23.9 Å². The van der Waals surface area contributed by atoms with Crippen LogP contribution in [-0.4, -0.2) is 74.7 Å². The topological polar surface area (TPSA) is 124 Å². The van der Waals surface area contributed by atoms with Crippen molar-refractivity contribution < 1.29 is 47.6 Å². The van der Waals surface area contributed by atoms with Crippen LogP contribution in [0.5, 0.6) is 0 Å². The monoisotopic (exact) mass is 676 g/mol. The summed E-state index contributed by atoms with van der Waals surface area (Å²) in [7, 11) is 0. The molecule has 0 saturated heterocycles. The third-order valence-electron chi connectivity index (χ3n) is 9.81. The highest BCUT2D eigenvalue weighted by molar-refractivity contribution is 5.81. The van der Waals surface area contributed by atoms with Gasteiger partial charge in [0.1, 0.15) is 12.2 Å². The Labute approximate surface area is 287 Å².